The molecule has 5 heteroatoms. The number of carbonyl (C=O) groups excluding carboxylic acids is 2. The van der Waals surface area contributed by atoms with Crippen LogP contribution in [0.4, 0.5) is 0 Å². The predicted molar refractivity (Wildman–Crippen MR) is 157 cm³/mol. The molecule has 0 heterocycles. The third-order valence-electron chi connectivity index (χ3n) is 7.15. The van der Waals surface area contributed by atoms with Crippen LogP contribution in [0.1, 0.15) is 168 Å². The number of likely N-dealkylation sites (N-methyl/N-ethyl adjacent to an activating group) is 1. The minimum Gasteiger partial charge on any atom is -0.464 e. The first-order chi connectivity index (χ1) is 18.1. The zero-order valence-electron chi connectivity index (χ0n) is 25.2. The van der Waals surface area contributed by atoms with Crippen LogP contribution in [0.15, 0.2) is 0 Å². The van der Waals surface area contributed by atoms with Gasteiger partial charge in [-0.2, -0.15) is 0 Å². The van der Waals surface area contributed by atoms with Gasteiger partial charge in [0, 0.05) is 19.4 Å². The Bertz CT molecular complexity index is 497. The minimum absolute atomic E-state index is 0.113. The van der Waals surface area contributed by atoms with Crippen LogP contribution in [-0.2, 0) is 19.1 Å². The zero-order chi connectivity index (χ0) is 27.2. The Hall–Kier alpha value is -1.10. The fraction of sp³-hybridized carbons (Fsp3) is 0.938. The van der Waals surface area contributed by atoms with Gasteiger partial charge in [0.1, 0.15) is 13.3 Å². The topological polar surface area (TPSA) is 55.8 Å². The van der Waals surface area contributed by atoms with Gasteiger partial charge in [0.25, 0.3) is 0 Å². The fourth-order valence-corrected chi connectivity index (χ4v) is 4.57. The number of carbonyl (C=O) groups is 2. The second-order valence-corrected chi connectivity index (χ2v) is 11.0. The average molecular weight is 526 g/mol. The van der Waals surface area contributed by atoms with E-state index in [4.69, 9.17) is 9.47 Å². The highest BCUT2D eigenvalue weighted by molar-refractivity contribution is 5.69. The van der Waals surface area contributed by atoms with Crippen LogP contribution >= 0.6 is 0 Å². The van der Waals surface area contributed by atoms with Crippen molar-refractivity contribution >= 4 is 11.9 Å². The molecule has 0 spiro atoms. The van der Waals surface area contributed by atoms with E-state index in [0.29, 0.717) is 26.0 Å². The maximum atomic E-state index is 11.9. The van der Waals surface area contributed by atoms with E-state index >= 15 is 0 Å². The molecule has 0 aliphatic heterocycles. The third-order valence-corrected chi connectivity index (χ3v) is 7.15. The molecule has 0 saturated carbocycles. The summed E-state index contributed by atoms with van der Waals surface area (Å²) < 4.78 is 10.7. The highest BCUT2D eigenvalue weighted by atomic mass is 16.5. The third kappa shape index (κ3) is 29.3. The molecule has 0 aliphatic carbocycles. The summed E-state index contributed by atoms with van der Waals surface area (Å²) in [6.07, 6.45) is 29.1. The van der Waals surface area contributed by atoms with Gasteiger partial charge in [-0.05, 0) is 19.9 Å². The van der Waals surface area contributed by atoms with Crippen molar-refractivity contribution in [3.63, 3.8) is 0 Å². The molecule has 0 aliphatic rings. The Morgan fingerprint density at radius 3 is 1.19 bits per heavy atom. The lowest BCUT2D eigenvalue weighted by molar-refractivity contribution is -0.150. The summed E-state index contributed by atoms with van der Waals surface area (Å²) >= 11 is 0. The van der Waals surface area contributed by atoms with Gasteiger partial charge in [-0.1, -0.05) is 142 Å². The fourth-order valence-electron chi connectivity index (χ4n) is 4.57. The molecule has 220 valence electrons. The van der Waals surface area contributed by atoms with Crippen LogP contribution in [0.25, 0.3) is 0 Å². The Morgan fingerprint density at radius 2 is 0.811 bits per heavy atom. The molecule has 0 rings (SSSR count). The first-order valence-corrected chi connectivity index (χ1v) is 16.1. The maximum absolute atomic E-state index is 11.9. The van der Waals surface area contributed by atoms with E-state index in [-0.39, 0.29) is 18.7 Å². The maximum Gasteiger partial charge on any atom is 0.307 e. The van der Waals surface area contributed by atoms with Crippen molar-refractivity contribution in [3.8, 4) is 0 Å². The van der Waals surface area contributed by atoms with Crippen LogP contribution in [0.2, 0.25) is 0 Å². The normalized spacial score (nSPS) is 11.2. The first kappa shape index (κ1) is 35.9. The minimum atomic E-state index is -0.128. The lowest BCUT2D eigenvalue weighted by Gasteiger charge is -2.16. The molecular formula is C32H63NO4. The molecule has 0 atom stereocenters. The number of hydrogen-bond acceptors (Lipinski definition) is 5. The van der Waals surface area contributed by atoms with Crippen molar-refractivity contribution in [1.82, 2.24) is 4.90 Å². The van der Waals surface area contributed by atoms with Crippen LogP contribution in [-0.4, -0.2) is 43.8 Å². The Balaban J connectivity index is 3.41. The highest BCUT2D eigenvalue weighted by Crippen LogP contribution is 2.13. The molecule has 0 saturated heterocycles. The lowest BCUT2D eigenvalue weighted by Crippen LogP contribution is -2.28. The van der Waals surface area contributed by atoms with Crippen molar-refractivity contribution in [2.75, 3.05) is 26.9 Å². The van der Waals surface area contributed by atoms with E-state index < -0.39 is 0 Å². The van der Waals surface area contributed by atoms with Crippen LogP contribution in [0.3, 0.4) is 0 Å². The van der Waals surface area contributed by atoms with E-state index in [2.05, 4.69) is 13.8 Å². The van der Waals surface area contributed by atoms with Crippen molar-refractivity contribution < 1.29 is 19.1 Å². The molecule has 0 aromatic heterocycles. The second kappa shape index (κ2) is 29.5. The van der Waals surface area contributed by atoms with Gasteiger partial charge >= 0.3 is 11.9 Å². The highest BCUT2D eigenvalue weighted by Gasteiger charge is 2.07. The van der Waals surface area contributed by atoms with Gasteiger partial charge in [-0.15, -0.1) is 0 Å². The van der Waals surface area contributed by atoms with Crippen LogP contribution in [0.5, 0.6) is 0 Å². The molecule has 0 aromatic carbocycles. The van der Waals surface area contributed by atoms with Gasteiger partial charge < -0.3 is 9.47 Å². The predicted octanol–water partition coefficient (Wildman–Crippen LogP) is 9.36. The number of rotatable bonds is 29. The van der Waals surface area contributed by atoms with Gasteiger partial charge in [-0.3, -0.25) is 14.5 Å². The van der Waals surface area contributed by atoms with Gasteiger partial charge in [0.15, 0.2) is 0 Å². The molecule has 0 unspecified atom stereocenters. The smallest absolute Gasteiger partial charge is 0.307 e. The SMILES string of the molecule is CCCCCCCCCCCCCC(=O)OCCN(C)COC(=O)CCCCCCCCCCCCC. The van der Waals surface area contributed by atoms with Crippen molar-refractivity contribution in [3.05, 3.63) is 0 Å². The average Bonchev–Trinajstić information content (AvgIpc) is 2.89. The number of nitrogens with zero attached hydrogens (tertiary/aromatic N) is 1. The van der Waals surface area contributed by atoms with E-state index in [1.165, 1.54) is 116 Å². The summed E-state index contributed by atoms with van der Waals surface area (Å²) in [6, 6.07) is 0. The molecule has 0 fully saturated rings. The summed E-state index contributed by atoms with van der Waals surface area (Å²) in [5.74, 6) is -0.242. The molecule has 0 N–H and O–H groups in total. The summed E-state index contributed by atoms with van der Waals surface area (Å²) in [5.41, 5.74) is 0. The number of esters is 2. The molecule has 37 heavy (non-hydrogen) atoms. The Labute approximate surface area is 230 Å². The standard InChI is InChI=1S/C32H63NO4/c1-4-6-8-10-12-14-16-18-20-22-24-26-31(34)36-29-28-33(3)30-37-32(35)27-25-23-21-19-17-15-13-11-9-7-5-2/h4-30H2,1-3H3. The van der Waals surface area contributed by atoms with Gasteiger partial charge in [0.2, 0.25) is 0 Å². The van der Waals surface area contributed by atoms with Crippen molar-refractivity contribution in [1.29, 1.82) is 0 Å². The summed E-state index contributed by atoms with van der Waals surface area (Å²) in [6.45, 7) is 5.70. The van der Waals surface area contributed by atoms with E-state index in [1.54, 1.807) is 0 Å². The summed E-state index contributed by atoms with van der Waals surface area (Å²) in [7, 11) is 1.88. The lowest BCUT2D eigenvalue weighted by atomic mass is 10.1. The number of ether oxygens (including phenoxy) is 2. The molecule has 5 nitrogen and oxygen atoms in total. The van der Waals surface area contributed by atoms with Gasteiger partial charge in [-0.25, -0.2) is 0 Å². The monoisotopic (exact) mass is 525 g/mol. The van der Waals surface area contributed by atoms with Gasteiger partial charge in [0.05, 0.1) is 0 Å². The molecule has 0 aromatic rings. The van der Waals surface area contributed by atoms with E-state index in [9.17, 15) is 9.59 Å². The quantitative estimate of drug-likeness (QED) is 0.0553. The summed E-state index contributed by atoms with van der Waals surface area (Å²) in [4.78, 5) is 25.7. The summed E-state index contributed by atoms with van der Waals surface area (Å²) in [5, 5.41) is 0. The van der Waals surface area contributed by atoms with Crippen molar-refractivity contribution in [2.45, 2.75) is 168 Å². The molecule has 0 bridgehead atoms. The Morgan fingerprint density at radius 1 is 0.486 bits per heavy atom. The van der Waals surface area contributed by atoms with E-state index in [0.717, 1.165) is 25.7 Å². The van der Waals surface area contributed by atoms with Crippen LogP contribution in [0, 0.1) is 0 Å². The number of hydrogen-bond donors (Lipinski definition) is 0. The molecule has 0 radical (unpaired) electrons. The van der Waals surface area contributed by atoms with Crippen molar-refractivity contribution in [2.24, 2.45) is 0 Å². The van der Waals surface area contributed by atoms with E-state index in [1.807, 2.05) is 11.9 Å². The number of unbranched alkanes of at least 4 members (excludes halogenated alkanes) is 20. The second-order valence-electron chi connectivity index (χ2n) is 11.0. The van der Waals surface area contributed by atoms with Crippen LogP contribution < -0.4 is 0 Å². The molecule has 0 amide bonds. The first-order valence-electron chi connectivity index (χ1n) is 16.1. The Kier molecular flexibility index (Phi) is 28.6. The zero-order valence-corrected chi connectivity index (χ0v) is 25.2. The molecular weight excluding hydrogens is 462 g/mol. The largest absolute Gasteiger partial charge is 0.464 e.